The molecule has 0 N–H and O–H groups in total. The summed E-state index contributed by atoms with van der Waals surface area (Å²) in [6.07, 6.45) is 12.2. The first-order valence-electron chi connectivity index (χ1n) is 7.14. The fourth-order valence-corrected chi connectivity index (χ4v) is 3.33. The third-order valence-electron chi connectivity index (χ3n) is 3.74. The Morgan fingerprint density at radius 2 is 1.54 bits per heavy atom. The van der Waals surface area contributed by atoms with Crippen LogP contribution >= 0.6 is 24.8 Å². The fourth-order valence-electron chi connectivity index (χ4n) is 2.08. The van der Waals surface area contributed by atoms with Gasteiger partial charge in [0.15, 0.2) is 0 Å². The van der Waals surface area contributed by atoms with E-state index in [0.29, 0.717) is 5.92 Å². The molecule has 24 heavy (non-hydrogen) atoms. The molecular weight excluding hydrogens is 403 g/mol. The maximum atomic E-state index is 3.36. The van der Waals surface area contributed by atoms with E-state index in [1.165, 1.54) is 21.9 Å². The number of rotatable bonds is 1. The number of allylic oxidation sites excluding steroid dienone is 8. The van der Waals surface area contributed by atoms with Crippen molar-refractivity contribution in [3.8, 4) is 0 Å². The second-order valence-corrected chi connectivity index (χ2v) is 11.3. The second kappa shape index (κ2) is 17.1. The second-order valence-electron chi connectivity index (χ2n) is 6.25. The van der Waals surface area contributed by atoms with Gasteiger partial charge in [0.25, 0.3) is 0 Å². The van der Waals surface area contributed by atoms with Crippen molar-refractivity contribution in [3.63, 3.8) is 0 Å². The molecular formula is C19H36Cl2Si2Ti-4. The Morgan fingerprint density at radius 3 is 1.67 bits per heavy atom. The van der Waals surface area contributed by atoms with Crippen LogP contribution in [0.25, 0.3) is 0 Å². The SMILES string of the molecule is CC1=[C-]C(C)C(C)=C1C.C[Si](C)(C)C1=[C-]CC=C1.Cl.Cl.[CH3-].[CH3-].[SiH2]=[Ti]. The van der Waals surface area contributed by atoms with Crippen molar-refractivity contribution in [1.82, 2.24) is 0 Å². The monoisotopic (exact) mass is 438 g/mol. The number of hydrogen-bond donors (Lipinski definition) is 0. The van der Waals surface area contributed by atoms with Crippen molar-refractivity contribution >= 4 is 40.5 Å². The Bertz CT molecular complexity index is 458. The molecule has 0 aromatic carbocycles. The minimum atomic E-state index is -1.01. The fraction of sp³-hybridized carbons (Fsp3) is 0.474. The molecule has 0 aromatic rings. The van der Waals surface area contributed by atoms with Gasteiger partial charge in [0.2, 0.25) is 0 Å². The first-order chi connectivity index (χ1) is 9.23. The molecule has 2 aliphatic carbocycles. The molecule has 2 aliphatic rings. The van der Waals surface area contributed by atoms with Crippen LogP contribution in [-0.2, 0) is 19.2 Å². The van der Waals surface area contributed by atoms with E-state index in [1.54, 1.807) is 0 Å². The van der Waals surface area contributed by atoms with Crippen molar-refractivity contribution in [1.29, 1.82) is 0 Å². The van der Waals surface area contributed by atoms with Gasteiger partial charge in [-0.05, 0) is 0 Å². The topological polar surface area (TPSA) is 0 Å². The van der Waals surface area contributed by atoms with E-state index in [4.69, 9.17) is 0 Å². The van der Waals surface area contributed by atoms with Crippen LogP contribution in [0.5, 0.6) is 0 Å². The zero-order valence-corrected chi connectivity index (χ0v) is 22.6. The molecule has 0 amide bonds. The van der Waals surface area contributed by atoms with Crippen molar-refractivity contribution in [2.75, 3.05) is 0 Å². The van der Waals surface area contributed by atoms with E-state index in [-0.39, 0.29) is 39.7 Å². The molecule has 1 atom stereocenters. The molecule has 142 valence electrons. The Kier molecular flexibility index (Phi) is 25.5. The van der Waals surface area contributed by atoms with Gasteiger partial charge in [-0.1, -0.05) is 46.3 Å². The summed E-state index contributed by atoms with van der Waals surface area (Å²) in [6.45, 7) is 15.7. The van der Waals surface area contributed by atoms with Crippen LogP contribution in [-0.4, -0.2) is 15.7 Å². The molecule has 0 fully saturated rings. The van der Waals surface area contributed by atoms with Gasteiger partial charge in [0.1, 0.15) is 0 Å². The summed E-state index contributed by atoms with van der Waals surface area (Å²) in [5.41, 5.74) is 4.25. The molecule has 0 saturated heterocycles. The average Bonchev–Trinajstić information content (AvgIpc) is 2.99. The molecule has 1 unspecified atom stereocenters. The molecule has 5 heteroatoms. The Labute approximate surface area is 179 Å². The van der Waals surface area contributed by atoms with Crippen LogP contribution in [0.3, 0.4) is 0 Å². The minimum absolute atomic E-state index is 0. The third-order valence-corrected chi connectivity index (χ3v) is 5.70. The average molecular weight is 439 g/mol. The molecule has 0 bridgehead atoms. The summed E-state index contributed by atoms with van der Waals surface area (Å²) in [4.78, 5) is 0. The third kappa shape index (κ3) is 12.1. The summed E-state index contributed by atoms with van der Waals surface area (Å²) < 4.78 is 0. The van der Waals surface area contributed by atoms with Crippen molar-refractivity contribution in [3.05, 3.63) is 61.1 Å². The molecule has 0 saturated carbocycles. The van der Waals surface area contributed by atoms with Gasteiger partial charge in [0.05, 0.1) is 0 Å². The van der Waals surface area contributed by atoms with Gasteiger partial charge in [-0.3, -0.25) is 12.2 Å². The van der Waals surface area contributed by atoms with Gasteiger partial charge in [0, 0.05) is 8.07 Å². The summed E-state index contributed by atoms with van der Waals surface area (Å²) in [6, 6.07) is 0. The standard InChI is InChI=1S/C9H13.C8H13Si.2CH3.2ClH.H2Si.Ti/c1-6-5-7(2)9(4)8(6)3;1-9(2,3)8-6-4-5-7-8;;;;;;/h6H,1-4H3;4,6H,5H2,1-3H3;2*1H3;2*1H;1H2;/q4*-1;;;;. The normalized spacial score (nSPS) is 17.2. The van der Waals surface area contributed by atoms with Gasteiger partial charge in [-0.15, -0.1) is 38.2 Å². The van der Waals surface area contributed by atoms with E-state index in [9.17, 15) is 0 Å². The first-order valence-corrected chi connectivity index (χ1v) is 14.7. The Hall–Kier alpha value is 0.688. The Morgan fingerprint density at radius 1 is 1.08 bits per heavy atom. The van der Waals surface area contributed by atoms with Crippen LogP contribution < -0.4 is 0 Å². The van der Waals surface area contributed by atoms with Gasteiger partial charge in [-0.2, -0.15) is 17.2 Å². The van der Waals surface area contributed by atoms with Crippen LogP contribution in [0, 0.1) is 32.9 Å². The van der Waals surface area contributed by atoms with E-state index >= 15 is 0 Å². The van der Waals surface area contributed by atoms with Crippen LogP contribution in [0.2, 0.25) is 19.6 Å². The zero-order valence-electron chi connectivity index (χ0n) is 17.0. The summed E-state index contributed by atoms with van der Waals surface area (Å²) in [7, 11) is 0.856. The van der Waals surface area contributed by atoms with E-state index in [2.05, 4.69) is 71.6 Å². The van der Waals surface area contributed by atoms with Crippen LogP contribution in [0.15, 0.2) is 34.1 Å². The molecule has 0 aliphatic heterocycles. The predicted molar refractivity (Wildman–Crippen MR) is 120 cm³/mol. The first kappa shape index (κ1) is 35.7. The summed E-state index contributed by atoms with van der Waals surface area (Å²) in [5.74, 6) is 0.560. The van der Waals surface area contributed by atoms with Gasteiger partial charge in [-0.25, -0.2) is 16.8 Å². The molecule has 0 nitrogen and oxygen atoms in total. The number of hydrogen-bond acceptors (Lipinski definition) is 0. The van der Waals surface area contributed by atoms with Gasteiger partial charge >= 0.3 is 26.8 Å². The van der Waals surface area contributed by atoms with Crippen molar-refractivity contribution in [2.24, 2.45) is 5.92 Å². The zero-order chi connectivity index (χ0) is 15.9. The van der Waals surface area contributed by atoms with E-state index < -0.39 is 8.07 Å². The van der Waals surface area contributed by atoms with Gasteiger partial charge < -0.3 is 14.9 Å². The van der Waals surface area contributed by atoms with E-state index in [0.717, 1.165) is 6.42 Å². The molecule has 0 radical (unpaired) electrons. The molecule has 0 aromatic heterocycles. The summed E-state index contributed by atoms with van der Waals surface area (Å²) >= 11 is 2.03. The quantitative estimate of drug-likeness (QED) is 0.342. The van der Waals surface area contributed by atoms with E-state index in [1.807, 2.05) is 26.8 Å². The predicted octanol–water partition coefficient (Wildman–Crippen LogP) is 6.10. The maximum absolute atomic E-state index is 3.36. The molecule has 0 heterocycles. The van der Waals surface area contributed by atoms with Crippen LogP contribution in [0.4, 0.5) is 0 Å². The number of halogens is 2. The molecule has 2 rings (SSSR count). The summed E-state index contributed by atoms with van der Waals surface area (Å²) in [5, 5.41) is 1.49. The van der Waals surface area contributed by atoms with Crippen LogP contribution in [0.1, 0.15) is 34.1 Å². The van der Waals surface area contributed by atoms with Crippen molar-refractivity contribution < 1.29 is 19.2 Å². The molecule has 0 spiro atoms. The Balaban J connectivity index is -0.0000000789. The van der Waals surface area contributed by atoms with Crippen molar-refractivity contribution in [2.45, 2.75) is 53.8 Å².